The van der Waals surface area contributed by atoms with Crippen LogP contribution in [0.1, 0.15) is 6.92 Å². The molecule has 1 aliphatic rings. The minimum absolute atomic E-state index is 0.102. The van der Waals surface area contributed by atoms with Crippen LogP contribution in [-0.4, -0.2) is 66.9 Å². The fraction of sp³-hybridized carbons (Fsp3) is 0.600. The monoisotopic (exact) mass is 257 g/mol. The normalized spacial score (nSPS) is 15.6. The van der Waals surface area contributed by atoms with Gasteiger partial charge in [0.05, 0.1) is 6.61 Å². The van der Waals surface area contributed by atoms with Crippen molar-refractivity contribution in [2.24, 2.45) is 0 Å². The van der Waals surface area contributed by atoms with E-state index in [1.165, 1.54) is 7.11 Å². The first-order valence-electron chi connectivity index (χ1n) is 5.45. The summed E-state index contributed by atoms with van der Waals surface area (Å²) >= 11 is 0. The lowest BCUT2D eigenvalue weighted by Crippen LogP contribution is -2.42. The number of imide groups is 2. The highest BCUT2D eigenvalue weighted by molar-refractivity contribution is 6.45. The molecule has 0 aromatic carbocycles. The van der Waals surface area contributed by atoms with E-state index in [4.69, 9.17) is 4.74 Å². The van der Waals surface area contributed by atoms with Crippen molar-refractivity contribution in [2.75, 3.05) is 33.4 Å². The van der Waals surface area contributed by atoms with Crippen LogP contribution >= 0.6 is 0 Å². The second-order valence-corrected chi connectivity index (χ2v) is 3.57. The number of methoxy groups -OCH3 is 1. The summed E-state index contributed by atoms with van der Waals surface area (Å²) in [7, 11) is 1.48. The van der Waals surface area contributed by atoms with Gasteiger partial charge < -0.3 is 10.1 Å². The van der Waals surface area contributed by atoms with Crippen molar-refractivity contribution in [3.63, 3.8) is 0 Å². The van der Waals surface area contributed by atoms with Crippen molar-refractivity contribution in [2.45, 2.75) is 6.92 Å². The molecule has 8 nitrogen and oxygen atoms in total. The molecule has 0 bridgehead atoms. The van der Waals surface area contributed by atoms with Crippen LogP contribution < -0.4 is 5.32 Å². The predicted molar refractivity (Wildman–Crippen MR) is 59.4 cm³/mol. The fourth-order valence-corrected chi connectivity index (χ4v) is 1.46. The summed E-state index contributed by atoms with van der Waals surface area (Å²) in [5.74, 6) is -2.38. The van der Waals surface area contributed by atoms with E-state index in [1.54, 1.807) is 6.92 Å². The molecule has 0 atom stereocenters. The van der Waals surface area contributed by atoms with E-state index >= 15 is 0 Å². The van der Waals surface area contributed by atoms with Crippen LogP contribution in [0, 0.1) is 0 Å². The summed E-state index contributed by atoms with van der Waals surface area (Å²) in [6, 6.07) is -0.755. The third-order valence-corrected chi connectivity index (χ3v) is 2.38. The van der Waals surface area contributed by atoms with Crippen molar-refractivity contribution in [3.05, 3.63) is 0 Å². The molecule has 1 saturated heterocycles. The lowest BCUT2D eigenvalue weighted by Gasteiger charge is -2.13. The molecule has 0 saturated carbocycles. The van der Waals surface area contributed by atoms with Crippen LogP contribution in [0.25, 0.3) is 0 Å². The Hall–Kier alpha value is -1.96. The molecule has 1 rings (SSSR count). The summed E-state index contributed by atoms with van der Waals surface area (Å²) in [6.45, 7) is 1.82. The lowest BCUT2D eigenvalue weighted by atomic mass is 10.4. The number of nitrogens with zero attached hydrogens (tertiary/aromatic N) is 2. The van der Waals surface area contributed by atoms with Gasteiger partial charge in [-0.2, -0.15) is 0 Å². The Morgan fingerprint density at radius 3 is 2.33 bits per heavy atom. The smallest absolute Gasteiger partial charge is 0.334 e. The molecular formula is C10H15N3O5. The van der Waals surface area contributed by atoms with Crippen LogP contribution in [0.15, 0.2) is 0 Å². The molecule has 5 amide bonds. The number of rotatable bonds is 6. The molecule has 18 heavy (non-hydrogen) atoms. The fourth-order valence-electron chi connectivity index (χ4n) is 1.46. The number of nitrogens with one attached hydrogen (secondary N) is 1. The van der Waals surface area contributed by atoms with E-state index in [0.717, 1.165) is 4.90 Å². The molecule has 0 unspecified atom stereocenters. The molecular weight excluding hydrogens is 242 g/mol. The van der Waals surface area contributed by atoms with Gasteiger partial charge in [-0.25, -0.2) is 9.69 Å². The Morgan fingerprint density at radius 1 is 1.22 bits per heavy atom. The molecule has 0 aliphatic carbocycles. The highest BCUT2D eigenvalue weighted by Gasteiger charge is 2.44. The predicted octanol–water partition coefficient (Wildman–Crippen LogP) is -1.44. The zero-order valence-electron chi connectivity index (χ0n) is 10.3. The Balaban J connectivity index is 2.57. The van der Waals surface area contributed by atoms with Gasteiger partial charge in [0, 0.05) is 20.2 Å². The molecule has 0 aromatic heterocycles. The first-order chi connectivity index (χ1) is 8.52. The third-order valence-electron chi connectivity index (χ3n) is 2.38. The molecule has 8 heteroatoms. The first kappa shape index (κ1) is 14.1. The van der Waals surface area contributed by atoms with Gasteiger partial charge in [0.2, 0.25) is 5.91 Å². The molecule has 1 fully saturated rings. The van der Waals surface area contributed by atoms with Gasteiger partial charge >= 0.3 is 17.8 Å². The number of hydrogen-bond donors (Lipinski definition) is 1. The van der Waals surface area contributed by atoms with Crippen LogP contribution in [0.3, 0.4) is 0 Å². The summed E-state index contributed by atoms with van der Waals surface area (Å²) < 4.78 is 4.73. The van der Waals surface area contributed by atoms with Gasteiger partial charge in [-0.15, -0.1) is 0 Å². The summed E-state index contributed by atoms with van der Waals surface area (Å²) in [4.78, 5) is 47.3. The van der Waals surface area contributed by atoms with E-state index in [1.807, 2.05) is 0 Å². The summed E-state index contributed by atoms with van der Waals surface area (Å²) in [6.07, 6.45) is 0. The van der Waals surface area contributed by atoms with Crippen molar-refractivity contribution in [1.82, 2.24) is 15.1 Å². The maximum absolute atomic E-state index is 11.6. The minimum atomic E-state index is -0.969. The number of likely N-dealkylation sites (N-methyl/N-ethyl adjacent to an activating group) is 1. The van der Waals surface area contributed by atoms with Crippen LogP contribution in [-0.2, 0) is 19.1 Å². The highest BCUT2D eigenvalue weighted by Crippen LogP contribution is 2.10. The Kier molecular flexibility index (Phi) is 4.78. The molecule has 1 N–H and O–H groups in total. The number of urea groups is 1. The SMILES string of the molecule is CCN1C(=O)C(=O)N(CC(=O)NCCOC)C1=O. The largest absolute Gasteiger partial charge is 0.383 e. The quantitative estimate of drug-likeness (QED) is 0.357. The highest BCUT2D eigenvalue weighted by atomic mass is 16.5. The molecule has 1 aliphatic heterocycles. The first-order valence-corrected chi connectivity index (χ1v) is 5.45. The van der Waals surface area contributed by atoms with Gasteiger partial charge in [-0.3, -0.25) is 19.3 Å². The number of amides is 5. The van der Waals surface area contributed by atoms with E-state index < -0.39 is 30.3 Å². The zero-order chi connectivity index (χ0) is 13.7. The Bertz CT molecular complexity index is 382. The van der Waals surface area contributed by atoms with Crippen molar-refractivity contribution < 1.29 is 23.9 Å². The maximum Gasteiger partial charge on any atom is 0.334 e. The van der Waals surface area contributed by atoms with E-state index in [0.29, 0.717) is 11.5 Å². The molecule has 0 radical (unpaired) electrons. The van der Waals surface area contributed by atoms with Crippen LogP contribution in [0.5, 0.6) is 0 Å². The van der Waals surface area contributed by atoms with E-state index in [2.05, 4.69) is 5.32 Å². The molecule has 1 heterocycles. The lowest BCUT2D eigenvalue weighted by molar-refractivity contribution is -0.143. The van der Waals surface area contributed by atoms with Gasteiger partial charge in [-0.05, 0) is 6.92 Å². The second-order valence-electron chi connectivity index (χ2n) is 3.57. The second kappa shape index (κ2) is 6.10. The topological polar surface area (TPSA) is 96.0 Å². The standard InChI is InChI=1S/C10H15N3O5/c1-3-12-8(15)9(16)13(10(12)17)6-7(14)11-4-5-18-2/h3-6H2,1-2H3,(H,11,14). The summed E-state index contributed by atoms with van der Waals surface area (Å²) in [5, 5.41) is 2.46. The average molecular weight is 257 g/mol. The molecule has 100 valence electrons. The van der Waals surface area contributed by atoms with Crippen molar-refractivity contribution >= 4 is 23.8 Å². The van der Waals surface area contributed by atoms with Crippen molar-refractivity contribution in [3.8, 4) is 0 Å². The van der Waals surface area contributed by atoms with Gasteiger partial charge in [0.25, 0.3) is 0 Å². The van der Waals surface area contributed by atoms with Gasteiger partial charge in [-0.1, -0.05) is 0 Å². The van der Waals surface area contributed by atoms with E-state index in [9.17, 15) is 19.2 Å². The Labute approximate surface area is 104 Å². The van der Waals surface area contributed by atoms with E-state index in [-0.39, 0.29) is 13.1 Å². The minimum Gasteiger partial charge on any atom is -0.383 e. The number of hydrogen-bond acceptors (Lipinski definition) is 5. The van der Waals surface area contributed by atoms with Gasteiger partial charge in [0.1, 0.15) is 6.54 Å². The average Bonchev–Trinajstić information content (AvgIpc) is 2.54. The number of carbonyl (C=O) groups excluding carboxylic acids is 4. The summed E-state index contributed by atoms with van der Waals surface area (Å²) in [5.41, 5.74) is 0. The van der Waals surface area contributed by atoms with Crippen LogP contribution in [0.2, 0.25) is 0 Å². The van der Waals surface area contributed by atoms with Crippen molar-refractivity contribution in [1.29, 1.82) is 0 Å². The van der Waals surface area contributed by atoms with Gasteiger partial charge in [0.15, 0.2) is 0 Å². The maximum atomic E-state index is 11.6. The number of ether oxygens (including phenoxy) is 1. The number of carbonyl (C=O) groups is 4. The third kappa shape index (κ3) is 2.83. The van der Waals surface area contributed by atoms with Crippen LogP contribution in [0.4, 0.5) is 4.79 Å². The molecule has 0 spiro atoms. The Morgan fingerprint density at radius 2 is 1.83 bits per heavy atom. The molecule has 0 aromatic rings. The zero-order valence-corrected chi connectivity index (χ0v) is 10.3.